The summed E-state index contributed by atoms with van der Waals surface area (Å²) in [6, 6.07) is 0. The highest BCUT2D eigenvalue weighted by Crippen LogP contribution is 2.27. The monoisotopic (exact) mass is 254 g/mol. The molecule has 0 aromatic carbocycles. The number of rotatable bonds is 2. The minimum atomic E-state index is -1.26. The summed E-state index contributed by atoms with van der Waals surface area (Å²) in [5, 5.41) is 12.5. The molecule has 0 bridgehead atoms. The Labute approximate surface area is 102 Å². The lowest BCUT2D eigenvalue weighted by atomic mass is 9.96. The lowest BCUT2D eigenvalue weighted by Crippen LogP contribution is -2.13. The minimum Gasteiger partial charge on any atom is -0.476 e. The number of aromatic carboxylic acids is 1. The van der Waals surface area contributed by atoms with E-state index in [9.17, 15) is 4.79 Å². The Bertz CT molecular complexity index is 522. The fourth-order valence-electron chi connectivity index (χ4n) is 1.40. The molecule has 1 atom stereocenters. The standard InChI is InChI=1S/C8H8BClN4O3/c9-3-1-2(17-14-3)7-12-5(8(15)16)4(10)6(11)13-7/h2H,1,9H2,(H,15,16)(H2,11,12,13). The van der Waals surface area contributed by atoms with Crippen molar-refractivity contribution in [3.8, 4) is 0 Å². The molecule has 1 unspecified atom stereocenters. The van der Waals surface area contributed by atoms with Crippen molar-refractivity contribution in [1.82, 2.24) is 9.97 Å². The van der Waals surface area contributed by atoms with E-state index in [0.29, 0.717) is 6.42 Å². The van der Waals surface area contributed by atoms with E-state index in [1.54, 1.807) is 7.85 Å². The Morgan fingerprint density at radius 2 is 2.29 bits per heavy atom. The van der Waals surface area contributed by atoms with Gasteiger partial charge < -0.3 is 15.7 Å². The Hall–Kier alpha value is -1.83. The van der Waals surface area contributed by atoms with Crippen molar-refractivity contribution in [2.24, 2.45) is 5.16 Å². The molecule has 9 heteroatoms. The van der Waals surface area contributed by atoms with Crippen LogP contribution in [0.2, 0.25) is 5.02 Å². The summed E-state index contributed by atoms with van der Waals surface area (Å²) in [7, 11) is 1.79. The predicted octanol–water partition coefficient (Wildman–Crippen LogP) is -0.182. The third-order valence-electron chi connectivity index (χ3n) is 2.20. The van der Waals surface area contributed by atoms with E-state index in [-0.39, 0.29) is 22.4 Å². The fourth-order valence-corrected chi connectivity index (χ4v) is 1.57. The van der Waals surface area contributed by atoms with Crippen molar-refractivity contribution in [1.29, 1.82) is 0 Å². The van der Waals surface area contributed by atoms with Gasteiger partial charge in [0, 0.05) is 12.0 Å². The van der Waals surface area contributed by atoms with Gasteiger partial charge in [-0.2, -0.15) is 0 Å². The molecule has 17 heavy (non-hydrogen) atoms. The van der Waals surface area contributed by atoms with Crippen LogP contribution in [0.4, 0.5) is 5.82 Å². The van der Waals surface area contributed by atoms with Gasteiger partial charge in [0.05, 0.1) is 0 Å². The minimum absolute atomic E-state index is 0.0813. The van der Waals surface area contributed by atoms with Crippen molar-refractivity contribution in [3.63, 3.8) is 0 Å². The molecule has 2 heterocycles. The zero-order chi connectivity index (χ0) is 12.6. The zero-order valence-corrected chi connectivity index (χ0v) is 9.60. The van der Waals surface area contributed by atoms with Gasteiger partial charge in [0.25, 0.3) is 0 Å². The lowest BCUT2D eigenvalue weighted by Gasteiger charge is -2.09. The number of carboxylic acids is 1. The van der Waals surface area contributed by atoms with Crippen molar-refractivity contribution >= 4 is 36.8 Å². The van der Waals surface area contributed by atoms with Crippen LogP contribution in [0.5, 0.6) is 0 Å². The van der Waals surface area contributed by atoms with Gasteiger partial charge in [-0.25, -0.2) is 14.8 Å². The molecule has 1 aliphatic heterocycles. The number of aromatic nitrogens is 2. The Kier molecular flexibility index (Phi) is 2.89. The molecule has 1 aromatic rings. The molecule has 3 N–H and O–H groups in total. The molecule has 0 radical (unpaired) electrons. The molecule has 7 nitrogen and oxygen atoms in total. The number of nitrogens with two attached hydrogens (primary N) is 1. The van der Waals surface area contributed by atoms with E-state index in [1.807, 2.05) is 0 Å². The van der Waals surface area contributed by atoms with Crippen molar-refractivity contribution in [2.75, 3.05) is 5.73 Å². The molecule has 0 saturated heterocycles. The number of halogens is 1. The number of oxime groups is 1. The Balaban J connectivity index is 2.40. The first-order valence-electron chi connectivity index (χ1n) is 4.74. The molecule has 1 aliphatic rings. The number of hydrogen-bond acceptors (Lipinski definition) is 6. The molecule has 2 rings (SSSR count). The van der Waals surface area contributed by atoms with E-state index in [0.717, 1.165) is 5.61 Å². The second-order valence-corrected chi connectivity index (χ2v) is 3.94. The second-order valence-electron chi connectivity index (χ2n) is 3.56. The average Bonchev–Trinajstić information content (AvgIpc) is 2.68. The van der Waals surface area contributed by atoms with Gasteiger partial charge in [-0.05, 0) is 0 Å². The van der Waals surface area contributed by atoms with E-state index in [2.05, 4.69) is 15.1 Å². The summed E-state index contributed by atoms with van der Waals surface area (Å²) in [6.45, 7) is 0. The summed E-state index contributed by atoms with van der Waals surface area (Å²) >= 11 is 5.70. The van der Waals surface area contributed by atoms with Gasteiger partial charge in [-0.1, -0.05) is 11.6 Å². The summed E-state index contributed by atoms with van der Waals surface area (Å²) in [5.41, 5.74) is 5.97. The van der Waals surface area contributed by atoms with Gasteiger partial charge in [-0.3, -0.25) is 0 Å². The van der Waals surface area contributed by atoms with Gasteiger partial charge in [0.1, 0.15) is 10.8 Å². The zero-order valence-electron chi connectivity index (χ0n) is 8.85. The molecule has 0 saturated carbocycles. The number of anilines is 1. The Morgan fingerprint density at radius 3 is 2.82 bits per heavy atom. The third kappa shape index (κ3) is 2.16. The van der Waals surface area contributed by atoms with Crippen molar-refractivity contribution < 1.29 is 14.7 Å². The highest BCUT2D eigenvalue weighted by Gasteiger charge is 2.26. The molecule has 0 aliphatic carbocycles. The molecule has 1 aromatic heterocycles. The van der Waals surface area contributed by atoms with Crippen LogP contribution < -0.4 is 5.73 Å². The van der Waals surface area contributed by atoms with Crippen LogP contribution in [-0.2, 0) is 4.84 Å². The fraction of sp³-hybridized carbons (Fsp3) is 0.250. The van der Waals surface area contributed by atoms with Gasteiger partial charge in [0.15, 0.2) is 25.5 Å². The molecular formula is C8H8BClN4O3. The van der Waals surface area contributed by atoms with Crippen LogP contribution in [0.3, 0.4) is 0 Å². The summed E-state index contributed by atoms with van der Waals surface area (Å²) in [6.07, 6.45) is -0.00666. The maximum atomic E-state index is 10.9. The van der Waals surface area contributed by atoms with E-state index in [4.69, 9.17) is 27.3 Å². The molecule has 0 amide bonds. The van der Waals surface area contributed by atoms with Gasteiger partial charge in [-0.15, -0.1) is 5.16 Å². The molecule has 0 fully saturated rings. The SMILES string of the molecule is BC1=NOC(c2nc(N)c(Cl)c(C(=O)O)n2)C1. The number of hydrogen-bond donors (Lipinski definition) is 2. The normalized spacial score (nSPS) is 18.6. The summed E-state index contributed by atoms with van der Waals surface area (Å²) in [4.78, 5) is 23.7. The summed E-state index contributed by atoms with van der Waals surface area (Å²) < 4.78 is 0. The van der Waals surface area contributed by atoms with Gasteiger partial charge in [0.2, 0.25) is 0 Å². The van der Waals surface area contributed by atoms with Gasteiger partial charge >= 0.3 is 5.97 Å². The first-order valence-corrected chi connectivity index (χ1v) is 5.12. The van der Waals surface area contributed by atoms with Crippen molar-refractivity contribution in [2.45, 2.75) is 12.5 Å². The average molecular weight is 254 g/mol. The largest absolute Gasteiger partial charge is 0.476 e. The smallest absolute Gasteiger partial charge is 0.356 e. The van der Waals surface area contributed by atoms with Crippen LogP contribution in [0, 0.1) is 0 Å². The lowest BCUT2D eigenvalue weighted by molar-refractivity contribution is 0.0679. The van der Waals surface area contributed by atoms with Crippen LogP contribution >= 0.6 is 11.6 Å². The van der Waals surface area contributed by atoms with Crippen LogP contribution in [0.25, 0.3) is 0 Å². The second kappa shape index (κ2) is 4.21. The predicted molar refractivity (Wildman–Crippen MR) is 62.8 cm³/mol. The number of carbonyl (C=O) groups is 1. The Morgan fingerprint density at radius 1 is 1.59 bits per heavy atom. The third-order valence-corrected chi connectivity index (χ3v) is 2.57. The number of carboxylic acid groups (broad SMARTS) is 1. The summed E-state index contributed by atoms with van der Waals surface area (Å²) in [5.74, 6) is -1.17. The first-order chi connectivity index (χ1) is 7.99. The maximum Gasteiger partial charge on any atom is 0.356 e. The van der Waals surface area contributed by atoms with E-state index >= 15 is 0 Å². The first kappa shape index (κ1) is 11.7. The van der Waals surface area contributed by atoms with Crippen LogP contribution in [-0.4, -0.2) is 34.5 Å². The van der Waals surface area contributed by atoms with E-state index in [1.165, 1.54) is 0 Å². The number of nitrogens with zero attached hydrogens (tertiary/aromatic N) is 3. The number of nitrogen functional groups attached to an aromatic ring is 1. The quantitative estimate of drug-likeness (QED) is 0.708. The van der Waals surface area contributed by atoms with E-state index < -0.39 is 12.1 Å². The topological polar surface area (TPSA) is 111 Å². The highest BCUT2D eigenvalue weighted by molar-refractivity contribution is 6.59. The molecule has 88 valence electrons. The van der Waals surface area contributed by atoms with Crippen LogP contribution in [0.15, 0.2) is 5.16 Å². The van der Waals surface area contributed by atoms with Crippen molar-refractivity contribution in [3.05, 3.63) is 16.5 Å². The highest BCUT2D eigenvalue weighted by atomic mass is 35.5. The maximum absolute atomic E-state index is 10.9. The van der Waals surface area contributed by atoms with Crippen LogP contribution in [0.1, 0.15) is 28.8 Å². The molecular weight excluding hydrogens is 246 g/mol. The molecule has 0 spiro atoms.